The van der Waals surface area contributed by atoms with Crippen molar-refractivity contribution in [2.45, 2.75) is 79.4 Å². The minimum atomic E-state index is -1.19. The van der Waals surface area contributed by atoms with Gasteiger partial charge in [-0.1, -0.05) is 26.0 Å². The average Bonchev–Trinajstić information content (AvgIpc) is 2.89. The van der Waals surface area contributed by atoms with Gasteiger partial charge in [0.1, 0.15) is 17.4 Å². The summed E-state index contributed by atoms with van der Waals surface area (Å²) in [4.78, 5) is 19.8. The van der Waals surface area contributed by atoms with Crippen LogP contribution < -0.4 is 9.64 Å². The number of aryl methyl sites for hydroxylation is 2. The molecule has 0 bridgehead atoms. The highest BCUT2D eigenvalue weighted by Crippen LogP contribution is 2.45. The Bertz CT molecular complexity index is 1420. The number of carbonyl (C=O) groups is 1. The number of benzene rings is 2. The van der Waals surface area contributed by atoms with Crippen LogP contribution in [-0.2, 0) is 16.0 Å². The van der Waals surface area contributed by atoms with Crippen molar-refractivity contribution in [2.24, 2.45) is 5.41 Å². The monoisotopic (exact) mass is 580 g/mol. The number of hydrogen-bond acceptors (Lipinski definition) is 5. The van der Waals surface area contributed by atoms with Crippen molar-refractivity contribution in [3.63, 3.8) is 0 Å². The van der Waals surface area contributed by atoms with Gasteiger partial charge in [-0.05, 0) is 94.3 Å². The van der Waals surface area contributed by atoms with Crippen molar-refractivity contribution >= 4 is 11.7 Å². The molecule has 0 radical (unpaired) electrons. The summed E-state index contributed by atoms with van der Waals surface area (Å²) < 4.78 is 39.5. The normalized spacial score (nSPS) is 15.9. The maximum atomic E-state index is 14.0. The van der Waals surface area contributed by atoms with Gasteiger partial charge >= 0.3 is 5.97 Å². The Labute approximate surface area is 247 Å². The molecule has 1 aliphatic heterocycles. The van der Waals surface area contributed by atoms with Crippen LogP contribution in [0, 0.1) is 30.9 Å². The third-order valence-electron chi connectivity index (χ3n) is 7.76. The largest absolute Gasteiger partial charge is 0.493 e. The summed E-state index contributed by atoms with van der Waals surface area (Å²) in [6.07, 6.45) is 0.994. The minimum absolute atomic E-state index is 0.189. The number of carboxylic acid groups (broad SMARTS) is 1. The van der Waals surface area contributed by atoms with Crippen molar-refractivity contribution < 1.29 is 28.2 Å². The Balaban J connectivity index is 1.72. The number of carboxylic acids is 1. The zero-order valence-electron chi connectivity index (χ0n) is 25.7. The molecule has 0 amide bonds. The fourth-order valence-corrected chi connectivity index (χ4v) is 5.49. The van der Waals surface area contributed by atoms with Crippen LogP contribution in [0.5, 0.6) is 5.75 Å². The lowest BCUT2D eigenvalue weighted by Gasteiger charge is -2.41. The highest BCUT2D eigenvalue weighted by molar-refractivity contribution is 5.88. The molecule has 3 aromatic rings. The van der Waals surface area contributed by atoms with Gasteiger partial charge in [-0.25, -0.2) is 13.6 Å². The summed E-state index contributed by atoms with van der Waals surface area (Å²) in [5.41, 5.74) is 4.39. The molecular weight excluding hydrogens is 538 g/mol. The van der Waals surface area contributed by atoms with E-state index in [-0.39, 0.29) is 24.0 Å². The smallest absolute Gasteiger partial charge is 0.337 e. The van der Waals surface area contributed by atoms with E-state index < -0.39 is 29.3 Å². The van der Waals surface area contributed by atoms with Crippen LogP contribution in [-0.4, -0.2) is 41.4 Å². The van der Waals surface area contributed by atoms with Crippen molar-refractivity contribution in [1.82, 2.24) is 4.98 Å². The van der Waals surface area contributed by atoms with Gasteiger partial charge in [-0.2, -0.15) is 0 Å². The first-order valence-electron chi connectivity index (χ1n) is 14.5. The van der Waals surface area contributed by atoms with Gasteiger partial charge in [0.2, 0.25) is 0 Å². The van der Waals surface area contributed by atoms with Crippen LogP contribution in [0.4, 0.5) is 14.5 Å². The van der Waals surface area contributed by atoms with E-state index in [1.54, 1.807) is 0 Å². The van der Waals surface area contributed by atoms with E-state index in [1.807, 2.05) is 58.9 Å². The number of rotatable bonds is 9. The van der Waals surface area contributed by atoms with Gasteiger partial charge in [0, 0.05) is 42.0 Å². The van der Waals surface area contributed by atoms with Gasteiger partial charge in [0.25, 0.3) is 0 Å². The molecule has 1 N–H and O–H groups in total. The second-order valence-electron chi connectivity index (χ2n) is 12.9. The van der Waals surface area contributed by atoms with E-state index in [4.69, 9.17) is 14.5 Å². The van der Waals surface area contributed by atoms with Crippen LogP contribution >= 0.6 is 0 Å². The maximum Gasteiger partial charge on any atom is 0.337 e. The molecule has 1 saturated heterocycles. The number of pyridine rings is 1. The van der Waals surface area contributed by atoms with E-state index in [0.717, 1.165) is 60.6 Å². The summed E-state index contributed by atoms with van der Waals surface area (Å²) in [6.45, 7) is 15.6. The molecule has 2 heterocycles. The molecule has 4 rings (SSSR count). The Hall–Kier alpha value is -3.52. The molecule has 8 heteroatoms. The predicted octanol–water partition coefficient (Wildman–Crippen LogP) is 7.83. The summed E-state index contributed by atoms with van der Waals surface area (Å²) in [6, 6.07) is 10.9. The number of anilines is 1. The van der Waals surface area contributed by atoms with Crippen LogP contribution in [0.25, 0.3) is 11.1 Å². The van der Waals surface area contributed by atoms with Crippen molar-refractivity contribution in [3.05, 3.63) is 76.6 Å². The Morgan fingerprint density at radius 1 is 1.05 bits per heavy atom. The number of nitrogens with zero attached hydrogens (tertiary/aromatic N) is 2. The fourth-order valence-electron chi connectivity index (χ4n) is 5.49. The van der Waals surface area contributed by atoms with Crippen molar-refractivity contribution in [3.8, 4) is 16.9 Å². The van der Waals surface area contributed by atoms with Gasteiger partial charge in [-0.15, -0.1) is 0 Å². The Morgan fingerprint density at radius 3 is 2.29 bits per heavy atom. The SMILES string of the molecule is Cc1nc(C)c([C@H](OC(C)(C)C)C(=O)O)c(N2CCC(C)(C)CC2)c1-c1ccc(OCCc2cc(F)ccc2F)cc1. The molecule has 1 aliphatic rings. The molecule has 0 aliphatic carbocycles. The summed E-state index contributed by atoms with van der Waals surface area (Å²) in [5, 5.41) is 10.4. The molecular formula is C34H42F2N2O4. The zero-order chi connectivity index (χ0) is 30.8. The number of halogens is 2. The van der Waals surface area contributed by atoms with E-state index in [1.165, 1.54) is 6.07 Å². The maximum absolute atomic E-state index is 14.0. The van der Waals surface area contributed by atoms with Crippen molar-refractivity contribution in [1.29, 1.82) is 0 Å². The second-order valence-corrected chi connectivity index (χ2v) is 12.9. The molecule has 1 fully saturated rings. The van der Waals surface area contributed by atoms with Crippen LogP contribution in [0.15, 0.2) is 42.5 Å². The lowest BCUT2D eigenvalue weighted by Crippen LogP contribution is -2.39. The quantitative estimate of drug-likeness (QED) is 0.278. The molecule has 226 valence electrons. The molecule has 0 unspecified atom stereocenters. The standard InChI is InChI=1S/C34H42F2N2O4/c1-21-28(23-8-11-26(12-9-23)41-19-14-24-20-25(35)10-13-27(24)36)30(38-17-15-34(6,7)16-18-38)29(22(2)37-21)31(32(39)40)42-33(3,4)5/h8-13,20,31H,14-19H2,1-7H3,(H,39,40)/t31-/m0/s1. The molecule has 42 heavy (non-hydrogen) atoms. The minimum Gasteiger partial charge on any atom is -0.493 e. The number of aromatic nitrogens is 1. The van der Waals surface area contributed by atoms with E-state index in [0.29, 0.717) is 17.0 Å². The second kappa shape index (κ2) is 12.4. The molecule has 1 atom stereocenters. The number of aliphatic carboxylic acids is 1. The molecule has 2 aromatic carbocycles. The van der Waals surface area contributed by atoms with Crippen LogP contribution in [0.1, 0.15) is 76.1 Å². The average molecular weight is 581 g/mol. The molecule has 1 aromatic heterocycles. The van der Waals surface area contributed by atoms with Gasteiger partial charge in [-0.3, -0.25) is 4.98 Å². The molecule has 0 saturated carbocycles. The first-order valence-corrected chi connectivity index (χ1v) is 14.5. The third-order valence-corrected chi connectivity index (χ3v) is 7.76. The number of ether oxygens (including phenoxy) is 2. The van der Waals surface area contributed by atoms with E-state index >= 15 is 0 Å². The van der Waals surface area contributed by atoms with Crippen LogP contribution in [0.3, 0.4) is 0 Å². The van der Waals surface area contributed by atoms with Crippen LogP contribution in [0.2, 0.25) is 0 Å². The van der Waals surface area contributed by atoms with Gasteiger partial charge in [0.15, 0.2) is 6.10 Å². The van der Waals surface area contributed by atoms with E-state index in [2.05, 4.69) is 18.7 Å². The predicted molar refractivity (Wildman–Crippen MR) is 161 cm³/mol. The lowest BCUT2D eigenvalue weighted by molar-refractivity contribution is -0.160. The zero-order valence-corrected chi connectivity index (χ0v) is 25.7. The number of piperidine rings is 1. The lowest BCUT2D eigenvalue weighted by atomic mass is 9.82. The Kier molecular flexibility index (Phi) is 9.26. The van der Waals surface area contributed by atoms with E-state index in [9.17, 15) is 18.7 Å². The van der Waals surface area contributed by atoms with Crippen molar-refractivity contribution in [2.75, 3.05) is 24.6 Å². The fraction of sp³-hybridized carbons (Fsp3) is 0.471. The summed E-state index contributed by atoms with van der Waals surface area (Å²) >= 11 is 0. The first-order chi connectivity index (χ1) is 19.6. The topological polar surface area (TPSA) is 71.9 Å². The Morgan fingerprint density at radius 2 is 1.69 bits per heavy atom. The summed E-state index contributed by atoms with van der Waals surface area (Å²) in [5.74, 6) is -1.41. The number of hydrogen-bond donors (Lipinski definition) is 1. The molecule has 0 spiro atoms. The highest BCUT2D eigenvalue weighted by atomic mass is 19.1. The highest BCUT2D eigenvalue weighted by Gasteiger charge is 2.36. The van der Waals surface area contributed by atoms with Gasteiger partial charge in [0.05, 0.1) is 17.9 Å². The van der Waals surface area contributed by atoms with Gasteiger partial charge < -0.3 is 19.5 Å². The first kappa shape index (κ1) is 31.4. The summed E-state index contributed by atoms with van der Waals surface area (Å²) in [7, 11) is 0. The molecule has 6 nitrogen and oxygen atoms in total. The third kappa shape index (κ3) is 7.46.